The van der Waals surface area contributed by atoms with Gasteiger partial charge >= 0.3 is 0 Å². The molecule has 0 radical (unpaired) electrons. The van der Waals surface area contributed by atoms with Crippen molar-refractivity contribution in [2.75, 3.05) is 13.7 Å². The van der Waals surface area contributed by atoms with Crippen molar-refractivity contribution in [3.63, 3.8) is 0 Å². The number of hydrogen-bond acceptors (Lipinski definition) is 2. The maximum Gasteiger partial charge on any atom is 0.123 e. The third kappa shape index (κ3) is 4.37. The monoisotopic (exact) mass is 346 g/mol. The van der Waals surface area contributed by atoms with Gasteiger partial charge in [0.15, 0.2) is 0 Å². The van der Waals surface area contributed by atoms with Crippen molar-refractivity contribution in [3.05, 3.63) is 28.2 Å². The summed E-state index contributed by atoms with van der Waals surface area (Å²) in [4.78, 5) is 0. The number of halogens is 2. The second-order valence-electron chi connectivity index (χ2n) is 4.92. The lowest BCUT2D eigenvalue weighted by molar-refractivity contribution is 0.00998. The van der Waals surface area contributed by atoms with Crippen LogP contribution < -0.4 is 4.74 Å². The Labute approximate surface area is 128 Å². The largest absolute Gasteiger partial charge is 0.496 e. The van der Waals surface area contributed by atoms with Gasteiger partial charge in [0.05, 0.1) is 18.6 Å². The summed E-state index contributed by atoms with van der Waals surface area (Å²) in [7, 11) is 1.68. The first-order valence-corrected chi connectivity index (χ1v) is 8.02. The second-order valence-corrected chi connectivity index (χ2v) is 6.36. The molecule has 1 fully saturated rings. The normalized spacial score (nSPS) is 21.1. The highest BCUT2D eigenvalue weighted by Gasteiger charge is 2.18. The molecule has 1 heterocycles. The third-order valence-electron chi connectivity index (χ3n) is 3.55. The summed E-state index contributed by atoms with van der Waals surface area (Å²) in [5, 5.41) is -0.0297. The zero-order valence-corrected chi connectivity index (χ0v) is 13.5. The minimum absolute atomic E-state index is 0.0297. The van der Waals surface area contributed by atoms with Crippen LogP contribution in [0.4, 0.5) is 0 Å². The van der Waals surface area contributed by atoms with E-state index in [1.54, 1.807) is 7.11 Å². The Balaban J connectivity index is 1.94. The van der Waals surface area contributed by atoms with Crippen molar-refractivity contribution in [2.24, 2.45) is 0 Å². The number of ether oxygens (including phenoxy) is 2. The van der Waals surface area contributed by atoms with Crippen molar-refractivity contribution >= 4 is 27.5 Å². The number of rotatable bonds is 5. The predicted molar refractivity (Wildman–Crippen MR) is 82.1 cm³/mol. The second kappa shape index (κ2) is 7.51. The van der Waals surface area contributed by atoms with Crippen molar-refractivity contribution in [3.8, 4) is 5.75 Å². The molecule has 2 rings (SSSR count). The van der Waals surface area contributed by atoms with Crippen LogP contribution in [0.2, 0.25) is 0 Å². The minimum Gasteiger partial charge on any atom is -0.496 e. The first-order valence-electron chi connectivity index (χ1n) is 6.80. The summed E-state index contributed by atoms with van der Waals surface area (Å²) in [6.07, 6.45) is 5.95. The van der Waals surface area contributed by atoms with Crippen LogP contribution in [0.5, 0.6) is 5.75 Å². The molecule has 4 heteroatoms. The molecule has 2 unspecified atom stereocenters. The van der Waals surface area contributed by atoms with Crippen LogP contribution in [-0.2, 0) is 4.74 Å². The molecule has 2 nitrogen and oxygen atoms in total. The van der Waals surface area contributed by atoms with E-state index in [0.717, 1.165) is 35.2 Å². The van der Waals surface area contributed by atoms with E-state index in [4.69, 9.17) is 21.1 Å². The predicted octanol–water partition coefficient (Wildman–Crippen LogP) is 5.09. The highest BCUT2D eigenvalue weighted by atomic mass is 79.9. The number of hydrogen-bond donors (Lipinski definition) is 0. The number of methoxy groups -OCH3 is 1. The zero-order chi connectivity index (χ0) is 13.7. The molecule has 0 amide bonds. The maximum atomic E-state index is 6.52. The average molecular weight is 348 g/mol. The van der Waals surface area contributed by atoms with Gasteiger partial charge in [-0.3, -0.25) is 0 Å². The first kappa shape index (κ1) is 15.1. The molecule has 1 saturated heterocycles. The van der Waals surface area contributed by atoms with Gasteiger partial charge in [0.2, 0.25) is 0 Å². The van der Waals surface area contributed by atoms with E-state index < -0.39 is 0 Å². The Kier molecular flexibility index (Phi) is 5.99. The molecule has 19 heavy (non-hydrogen) atoms. The van der Waals surface area contributed by atoms with E-state index >= 15 is 0 Å². The SMILES string of the molecule is COc1ccc(Br)cc1C(Cl)CCC1CCCCO1. The number of benzene rings is 1. The summed E-state index contributed by atoms with van der Waals surface area (Å²) in [5.41, 5.74) is 1.05. The fourth-order valence-electron chi connectivity index (χ4n) is 2.47. The van der Waals surface area contributed by atoms with E-state index in [1.165, 1.54) is 19.3 Å². The highest BCUT2D eigenvalue weighted by molar-refractivity contribution is 9.10. The fraction of sp³-hybridized carbons (Fsp3) is 0.600. The molecule has 1 aromatic carbocycles. The molecular formula is C15H20BrClO2. The Morgan fingerprint density at radius 2 is 2.32 bits per heavy atom. The molecule has 0 aliphatic carbocycles. The average Bonchev–Trinajstić information content (AvgIpc) is 2.46. The summed E-state index contributed by atoms with van der Waals surface area (Å²) < 4.78 is 12.2. The standard InChI is InChI=1S/C15H20BrClO2/c1-18-15-8-5-11(16)10-13(15)14(17)7-6-12-4-2-3-9-19-12/h5,8,10,12,14H,2-4,6-7,9H2,1H3. The van der Waals surface area contributed by atoms with E-state index in [9.17, 15) is 0 Å². The van der Waals surface area contributed by atoms with Crippen LogP contribution in [0.1, 0.15) is 43.0 Å². The van der Waals surface area contributed by atoms with Gasteiger partial charge in [0, 0.05) is 16.6 Å². The molecule has 0 N–H and O–H groups in total. The zero-order valence-electron chi connectivity index (χ0n) is 11.2. The lowest BCUT2D eigenvalue weighted by atomic mass is 10.0. The van der Waals surface area contributed by atoms with Gasteiger partial charge in [0.1, 0.15) is 5.75 Å². The van der Waals surface area contributed by atoms with E-state index in [2.05, 4.69) is 15.9 Å². The van der Waals surface area contributed by atoms with Crippen molar-refractivity contribution in [1.82, 2.24) is 0 Å². The Morgan fingerprint density at radius 1 is 1.47 bits per heavy atom. The quantitative estimate of drug-likeness (QED) is 0.691. The summed E-state index contributed by atoms with van der Waals surface area (Å²) in [5.74, 6) is 0.854. The topological polar surface area (TPSA) is 18.5 Å². The van der Waals surface area contributed by atoms with Crippen LogP contribution in [0, 0.1) is 0 Å². The van der Waals surface area contributed by atoms with E-state index in [1.807, 2.05) is 18.2 Å². The van der Waals surface area contributed by atoms with Crippen LogP contribution in [0.3, 0.4) is 0 Å². The van der Waals surface area contributed by atoms with Crippen LogP contribution >= 0.6 is 27.5 Å². The van der Waals surface area contributed by atoms with E-state index in [-0.39, 0.29) is 5.38 Å². The molecule has 1 aliphatic rings. The molecule has 1 aromatic rings. The fourth-order valence-corrected chi connectivity index (χ4v) is 3.15. The third-order valence-corrected chi connectivity index (χ3v) is 4.49. The van der Waals surface area contributed by atoms with Crippen LogP contribution in [-0.4, -0.2) is 19.8 Å². The summed E-state index contributed by atoms with van der Waals surface area (Å²) >= 11 is 10.0. The van der Waals surface area contributed by atoms with Gasteiger partial charge in [-0.15, -0.1) is 11.6 Å². The molecule has 2 atom stereocenters. The Hall–Kier alpha value is -0.250. The van der Waals surface area contributed by atoms with Crippen molar-refractivity contribution < 1.29 is 9.47 Å². The molecule has 0 saturated carbocycles. The first-order chi connectivity index (χ1) is 9.20. The molecule has 1 aliphatic heterocycles. The molecule has 0 aromatic heterocycles. The lowest BCUT2D eigenvalue weighted by Gasteiger charge is -2.23. The van der Waals surface area contributed by atoms with Crippen molar-refractivity contribution in [2.45, 2.75) is 43.6 Å². The summed E-state index contributed by atoms with van der Waals surface area (Å²) in [6, 6.07) is 5.96. The van der Waals surface area contributed by atoms with Crippen LogP contribution in [0.25, 0.3) is 0 Å². The van der Waals surface area contributed by atoms with Gasteiger partial charge in [-0.1, -0.05) is 15.9 Å². The smallest absolute Gasteiger partial charge is 0.123 e. The van der Waals surface area contributed by atoms with E-state index in [0.29, 0.717) is 6.10 Å². The minimum atomic E-state index is -0.0297. The van der Waals surface area contributed by atoms with Gasteiger partial charge in [0.25, 0.3) is 0 Å². The molecular weight excluding hydrogens is 328 g/mol. The molecule has 0 bridgehead atoms. The summed E-state index contributed by atoms with van der Waals surface area (Å²) in [6.45, 7) is 0.901. The van der Waals surface area contributed by atoms with Gasteiger partial charge in [-0.05, 0) is 50.3 Å². The van der Waals surface area contributed by atoms with Crippen molar-refractivity contribution in [1.29, 1.82) is 0 Å². The van der Waals surface area contributed by atoms with Gasteiger partial charge in [-0.25, -0.2) is 0 Å². The number of alkyl halides is 1. The maximum absolute atomic E-state index is 6.52. The van der Waals surface area contributed by atoms with Gasteiger partial charge < -0.3 is 9.47 Å². The Bertz CT molecular complexity index is 405. The Morgan fingerprint density at radius 3 is 3.00 bits per heavy atom. The van der Waals surface area contributed by atoms with Crippen LogP contribution in [0.15, 0.2) is 22.7 Å². The van der Waals surface area contributed by atoms with Gasteiger partial charge in [-0.2, -0.15) is 0 Å². The molecule has 0 spiro atoms. The molecule has 106 valence electrons. The lowest BCUT2D eigenvalue weighted by Crippen LogP contribution is -2.19. The highest BCUT2D eigenvalue weighted by Crippen LogP contribution is 2.36.